The smallest absolute Gasteiger partial charge is 0.173 e. The standard InChI is InChI=1S/C21H19NO2/c1-13-20(19-12-23-19)21(24-22-13)18-10-8-17(9-11-18)16-6-4-15(5-7-16)14-2-3-14/h4-11,14,19H,2-3,12H2,1H3. The Morgan fingerprint density at radius 2 is 1.46 bits per heavy atom. The Morgan fingerprint density at radius 1 is 0.875 bits per heavy atom. The zero-order valence-electron chi connectivity index (χ0n) is 13.7. The van der Waals surface area contributed by atoms with Gasteiger partial charge in [0, 0.05) is 5.56 Å². The molecular weight excluding hydrogens is 298 g/mol. The van der Waals surface area contributed by atoms with Crippen LogP contribution in [0.4, 0.5) is 0 Å². The van der Waals surface area contributed by atoms with Crippen LogP contribution >= 0.6 is 0 Å². The molecule has 0 N–H and O–H groups in total. The maximum atomic E-state index is 5.55. The van der Waals surface area contributed by atoms with Gasteiger partial charge in [0.05, 0.1) is 17.9 Å². The lowest BCUT2D eigenvalue weighted by atomic mass is 9.99. The summed E-state index contributed by atoms with van der Waals surface area (Å²) < 4.78 is 11.0. The Hall–Kier alpha value is -2.39. The molecule has 1 atom stereocenters. The molecule has 2 fully saturated rings. The number of epoxide rings is 1. The largest absolute Gasteiger partial charge is 0.368 e. The van der Waals surface area contributed by atoms with Gasteiger partial charge in [-0.05, 0) is 42.4 Å². The van der Waals surface area contributed by atoms with E-state index >= 15 is 0 Å². The molecule has 1 saturated heterocycles. The number of hydrogen-bond acceptors (Lipinski definition) is 3. The molecule has 2 heterocycles. The van der Waals surface area contributed by atoms with Crippen LogP contribution in [0, 0.1) is 6.92 Å². The second-order valence-electron chi connectivity index (χ2n) is 6.81. The summed E-state index contributed by atoms with van der Waals surface area (Å²) in [5.74, 6) is 1.64. The van der Waals surface area contributed by atoms with Crippen molar-refractivity contribution < 1.29 is 9.26 Å². The highest BCUT2D eigenvalue weighted by molar-refractivity contribution is 5.70. The number of hydrogen-bond donors (Lipinski definition) is 0. The molecule has 0 spiro atoms. The molecule has 5 rings (SSSR count). The zero-order chi connectivity index (χ0) is 16.1. The third-order valence-electron chi connectivity index (χ3n) is 5.00. The second kappa shape index (κ2) is 5.32. The first-order valence-electron chi connectivity index (χ1n) is 8.58. The van der Waals surface area contributed by atoms with E-state index in [-0.39, 0.29) is 6.10 Å². The molecule has 2 aromatic carbocycles. The van der Waals surface area contributed by atoms with Gasteiger partial charge in [-0.1, -0.05) is 53.7 Å². The lowest BCUT2D eigenvalue weighted by Crippen LogP contribution is -1.87. The molecule has 2 aliphatic rings. The monoisotopic (exact) mass is 317 g/mol. The van der Waals surface area contributed by atoms with Crippen molar-refractivity contribution in [3.63, 3.8) is 0 Å². The molecule has 3 heteroatoms. The van der Waals surface area contributed by atoms with E-state index in [1.165, 1.54) is 29.5 Å². The van der Waals surface area contributed by atoms with Gasteiger partial charge < -0.3 is 9.26 Å². The minimum atomic E-state index is 0.154. The van der Waals surface area contributed by atoms with Crippen LogP contribution in [0.3, 0.4) is 0 Å². The van der Waals surface area contributed by atoms with Crippen molar-refractivity contribution in [1.29, 1.82) is 0 Å². The topological polar surface area (TPSA) is 38.6 Å². The summed E-state index contributed by atoms with van der Waals surface area (Å²) in [6.07, 6.45) is 2.84. The molecule has 1 saturated carbocycles. The van der Waals surface area contributed by atoms with Crippen molar-refractivity contribution in [2.24, 2.45) is 0 Å². The van der Waals surface area contributed by atoms with Crippen molar-refractivity contribution in [2.75, 3.05) is 6.61 Å². The number of nitrogens with zero attached hydrogens (tertiary/aromatic N) is 1. The highest BCUT2D eigenvalue weighted by Gasteiger charge is 2.33. The van der Waals surface area contributed by atoms with Crippen LogP contribution in [0.15, 0.2) is 53.1 Å². The lowest BCUT2D eigenvalue weighted by Gasteiger charge is -2.05. The Morgan fingerprint density at radius 3 is 2.04 bits per heavy atom. The van der Waals surface area contributed by atoms with Gasteiger partial charge in [-0.15, -0.1) is 0 Å². The van der Waals surface area contributed by atoms with Gasteiger partial charge in [-0.25, -0.2) is 0 Å². The summed E-state index contributed by atoms with van der Waals surface area (Å²) in [6.45, 7) is 2.74. The van der Waals surface area contributed by atoms with Crippen LogP contribution in [0.2, 0.25) is 0 Å². The van der Waals surface area contributed by atoms with E-state index in [2.05, 4.69) is 53.7 Å². The normalized spacial score (nSPS) is 19.5. The molecule has 3 aromatic rings. The zero-order valence-corrected chi connectivity index (χ0v) is 13.7. The minimum absolute atomic E-state index is 0.154. The SMILES string of the molecule is Cc1noc(-c2ccc(-c3ccc(C4CC4)cc3)cc2)c1C1CO1. The second-order valence-corrected chi connectivity index (χ2v) is 6.81. The van der Waals surface area contributed by atoms with Crippen LogP contribution in [-0.4, -0.2) is 11.8 Å². The maximum Gasteiger partial charge on any atom is 0.173 e. The molecule has 120 valence electrons. The Balaban J connectivity index is 1.44. The average molecular weight is 317 g/mol. The fraction of sp³-hybridized carbons (Fsp3) is 0.286. The van der Waals surface area contributed by atoms with Crippen LogP contribution in [0.5, 0.6) is 0 Å². The van der Waals surface area contributed by atoms with Gasteiger partial charge in [-0.2, -0.15) is 0 Å². The summed E-state index contributed by atoms with van der Waals surface area (Å²) >= 11 is 0. The predicted octanol–water partition coefficient (Wildman–Crippen LogP) is 5.27. The fourth-order valence-electron chi connectivity index (χ4n) is 3.36. The van der Waals surface area contributed by atoms with Crippen molar-refractivity contribution in [3.8, 4) is 22.5 Å². The summed E-state index contributed by atoms with van der Waals surface area (Å²) in [6, 6.07) is 17.5. The van der Waals surface area contributed by atoms with E-state index < -0.39 is 0 Å². The van der Waals surface area contributed by atoms with Gasteiger partial charge in [0.1, 0.15) is 6.10 Å². The third kappa shape index (κ3) is 2.45. The highest BCUT2D eigenvalue weighted by atomic mass is 16.6. The third-order valence-corrected chi connectivity index (χ3v) is 5.00. The molecule has 1 aliphatic heterocycles. The first-order chi connectivity index (χ1) is 11.8. The number of benzene rings is 2. The van der Waals surface area contributed by atoms with E-state index in [0.717, 1.165) is 35.1 Å². The van der Waals surface area contributed by atoms with E-state index in [9.17, 15) is 0 Å². The van der Waals surface area contributed by atoms with Gasteiger partial charge in [0.2, 0.25) is 0 Å². The molecule has 1 unspecified atom stereocenters. The first kappa shape index (κ1) is 14.0. The Bertz CT molecular complexity index is 869. The average Bonchev–Trinajstić information content (AvgIpc) is 3.54. The van der Waals surface area contributed by atoms with Crippen LogP contribution in [-0.2, 0) is 4.74 Å². The van der Waals surface area contributed by atoms with Gasteiger partial charge >= 0.3 is 0 Å². The maximum absolute atomic E-state index is 5.55. The lowest BCUT2D eigenvalue weighted by molar-refractivity contribution is 0.410. The van der Waals surface area contributed by atoms with Crippen molar-refractivity contribution in [3.05, 3.63) is 65.4 Å². The summed E-state index contributed by atoms with van der Waals surface area (Å²) in [4.78, 5) is 0. The molecule has 0 radical (unpaired) electrons. The number of aryl methyl sites for hydroxylation is 1. The number of rotatable bonds is 4. The van der Waals surface area contributed by atoms with Crippen LogP contribution in [0.25, 0.3) is 22.5 Å². The fourth-order valence-corrected chi connectivity index (χ4v) is 3.36. The molecule has 0 amide bonds. The molecule has 3 nitrogen and oxygen atoms in total. The van der Waals surface area contributed by atoms with Crippen LogP contribution < -0.4 is 0 Å². The molecular formula is C21H19NO2. The number of ether oxygens (including phenoxy) is 1. The predicted molar refractivity (Wildman–Crippen MR) is 92.8 cm³/mol. The van der Waals surface area contributed by atoms with Gasteiger partial charge in [-0.3, -0.25) is 0 Å². The first-order valence-corrected chi connectivity index (χ1v) is 8.58. The molecule has 1 aliphatic carbocycles. The van der Waals surface area contributed by atoms with Gasteiger partial charge in [0.25, 0.3) is 0 Å². The molecule has 24 heavy (non-hydrogen) atoms. The highest BCUT2D eigenvalue weighted by Crippen LogP contribution is 2.41. The Kier molecular flexibility index (Phi) is 3.10. The van der Waals surface area contributed by atoms with Crippen LogP contribution in [0.1, 0.15) is 41.7 Å². The van der Waals surface area contributed by atoms with Crippen molar-refractivity contribution in [2.45, 2.75) is 31.8 Å². The van der Waals surface area contributed by atoms with Crippen molar-refractivity contribution in [1.82, 2.24) is 5.16 Å². The van der Waals surface area contributed by atoms with Crippen molar-refractivity contribution >= 4 is 0 Å². The van der Waals surface area contributed by atoms with Gasteiger partial charge in [0.15, 0.2) is 5.76 Å². The Labute approximate surface area is 141 Å². The van der Waals surface area contributed by atoms with E-state index in [4.69, 9.17) is 9.26 Å². The summed E-state index contributed by atoms with van der Waals surface area (Å²) in [7, 11) is 0. The van der Waals surface area contributed by atoms with E-state index in [0.29, 0.717) is 0 Å². The van der Waals surface area contributed by atoms with E-state index in [1.54, 1.807) is 0 Å². The van der Waals surface area contributed by atoms with E-state index in [1.807, 2.05) is 6.92 Å². The molecule has 0 bridgehead atoms. The summed E-state index contributed by atoms with van der Waals surface area (Å²) in [5.41, 5.74) is 7.02. The minimum Gasteiger partial charge on any atom is -0.368 e. The summed E-state index contributed by atoms with van der Waals surface area (Å²) in [5, 5.41) is 4.11. The molecule has 1 aromatic heterocycles. The number of aromatic nitrogens is 1. The quantitative estimate of drug-likeness (QED) is 0.616.